The molecule has 2 heterocycles. The van der Waals surface area contributed by atoms with Gasteiger partial charge in [0.05, 0.1) is 24.4 Å². The van der Waals surface area contributed by atoms with Crippen LogP contribution in [0.3, 0.4) is 0 Å². The molecule has 1 aliphatic rings. The van der Waals surface area contributed by atoms with Crippen molar-refractivity contribution < 1.29 is 43.7 Å². The monoisotopic (exact) mass is 482 g/mol. The van der Waals surface area contributed by atoms with E-state index >= 15 is 0 Å². The molecule has 34 heavy (non-hydrogen) atoms. The van der Waals surface area contributed by atoms with Crippen LogP contribution in [0.1, 0.15) is 59.4 Å². The molecule has 0 unspecified atom stereocenters. The van der Waals surface area contributed by atoms with Crippen LogP contribution in [0.5, 0.6) is 0 Å². The molecule has 0 spiro atoms. The fraction of sp³-hybridized carbons (Fsp3) is 0.619. The second kappa shape index (κ2) is 9.69. The Kier molecular flexibility index (Phi) is 7.59. The summed E-state index contributed by atoms with van der Waals surface area (Å²) < 4.78 is 11.9. The van der Waals surface area contributed by atoms with Crippen molar-refractivity contribution in [1.82, 2.24) is 19.8 Å². The maximum atomic E-state index is 13.0. The Labute approximate surface area is 196 Å². The Bertz CT molecular complexity index is 987. The van der Waals surface area contributed by atoms with Crippen molar-refractivity contribution in [3.05, 3.63) is 17.7 Å². The molecule has 0 saturated heterocycles. The maximum absolute atomic E-state index is 13.0. The number of nitrogens with zero attached hydrogens (tertiary/aromatic N) is 3. The molecule has 3 N–H and O–H groups in total. The highest BCUT2D eigenvalue weighted by molar-refractivity contribution is 5.91. The van der Waals surface area contributed by atoms with Gasteiger partial charge in [-0.2, -0.15) is 0 Å². The average Bonchev–Trinajstić information content (AvgIpc) is 3.06. The minimum Gasteiger partial charge on any atom is -0.481 e. The van der Waals surface area contributed by atoms with Gasteiger partial charge in [0.1, 0.15) is 29.6 Å². The summed E-state index contributed by atoms with van der Waals surface area (Å²) in [4.78, 5) is 66.1. The number of amides is 2. The third-order valence-electron chi connectivity index (χ3n) is 4.55. The highest BCUT2D eigenvalue weighted by Gasteiger charge is 2.41. The van der Waals surface area contributed by atoms with Gasteiger partial charge >= 0.3 is 24.1 Å². The van der Waals surface area contributed by atoms with Gasteiger partial charge in [-0.15, -0.1) is 0 Å². The number of carboxylic acids is 2. The number of aliphatic carboxylic acids is 2. The number of imidazole rings is 1. The molecule has 1 aromatic rings. The Hall–Kier alpha value is -3.64. The number of nitrogens with one attached hydrogen (secondary N) is 1. The molecule has 0 saturated carbocycles. The molecule has 0 aliphatic carbocycles. The summed E-state index contributed by atoms with van der Waals surface area (Å²) in [5, 5.41) is 20.4. The number of hydrogen-bond acceptors (Lipinski definition) is 8. The van der Waals surface area contributed by atoms with Gasteiger partial charge in [0.2, 0.25) is 5.91 Å². The van der Waals surface area contributed by atoms with Crippen LogP contribution in [0.4, 0.5) is 9.59 Å². The topological polar surface area (TPSA) is 177 Å². The average molecular weight is 482 g/mol. The molecule has 2 amide bonds. The number of ether oxygens (including phenoxy) is 2. The third-order valence-corrected chi connectivity index (χ3v) is 4.55. The number of fused-ring (bicyclic) bond motifs is 1. The van der Waals surface area contributed by atoms with E-state index in [9.17, 15) is 29.1 Å². The molecule has 0 fully saturated rings. The van der Waals surface area contributed by atoms with Gasteiger partial charge in [0, 0.05) is 6.42 Å². The van der Waals surface area contributed by atoms with Gasteiger partial charge in [0.15, 0.2) is 0 Å². The normalized spacial score (nSPS) is 16.8. The van der Waals surface area contributed by atoms with E-state index in [1.54, 1.807) is 41.5 Å². The summed E-state index contributed by atoms with van der Waals surface area (Å²) in [7, 11) is 0. The van der Waals surface area contributed by atoms with Crippen molar-refractivity contribution in [3.63, 3.8) is 0 Å². The van der Waals surface area contributed by atoms with Crippen LogP contribution in [0.25, 0.3) is 0 Å². The van der Waals surface area contributed by atoms with Crippen LogP contribution in [-0.4, -0.2) is 78.0 Å². The van der Waals surface area contributed by atoms with Crippen molar-refractivity contribution in [3.8, 4) is 0 Å². The van der Waals surface area contributed by atoms with Crippen molar-refractivity contribution in [2.24, 2.45) is 0 Å². The molecule has 2 atom stereocenters. The summed E-state index contributed by atoms with van der Waals surface area (Å²) in [5.41, 5.74) is -1.05. The summed E-state index contributed by atoms with van der Waals surface area (Å²) in [5.74, 6) is -3.85. The summed E-state index contributed by atoms with van der Waals surface area (Å²) in [6, 6.07) is -2.95. The van der Waals surface area contributed by atoms with Crippen LogP contribution in [0.15, 0.2) is 6.33 Å². The third kappa shape index (κ3) is 6.93. The van der Waals surface area contributed by atoms with Crippen molar-refractivity contribution in [2.75, 3.05) is 0 Å². The van der Waals surface area contributed by atoms with E-state index in [2.05, 4.69) is 10.3 Å². The molecular weight excluding hydrogens is 452 g/mol. The zero-order chi connectivity index (χ0) is 26.0. The molecule has 1 aliphatic heterocycles. The van der Waals surface area contributed by atoms with E-state index in [1.807, 2.05) is 0 Å². The fourth-order valence-corrected chi connectivity index (χ4v) is 3.17. The second-order valence-electron chi connectivity index (χ2n) is 9.81. The molecule has 0 aromatic carbocycles. The zero-order valence-corrected chi connectivity index (χ0v) is 19.9. The van der Waals surface area contributed by atoms with E-state index in [4.69, 9.17) is 14.6 Å². The highest BCUT2D eigenvalue weighted by atomic mass is 16.6. The van der Waals surface area contributed by atoms with Gasteiger partial charge < -0.3 is 25.0 Å². The predicted molar refractivity (Wildman–Crippen MR) is 115 cm³/mol. The lowest BCUT2D eigenvalue weighted by Crippen LogP contribution is -2.56. The van der Waals surface area contributed by atoms with Gasteiger partial charge in [-0.25, -0.2) is 23.9 Å². The number of carboxylic acid groups (broad SMARTS) is 2. The number of carbonyl (C=O) groups excluding carboxylic acids is 3. The number of hydrogen-bond donors (Lipinski definition) is 3. The Balaban J connectivity index is 2.39. The number of rotatable bonds is 5. The predicted octanol–water partition coefficient (Wildman–Crippen LogP) is 1.37. The molecule has 188 valence electrons. The van der Waals surface area contributed by atoms with Crippen molar-refractivity contribution in [2.45, 2.75) is 84.2 Å². The highest BCUT2D eigenvalue weighted by Crippen LogP contribution is 2.26. The summed E-state index contributed by atoms with van der Waals surface area (Å²) in [6.45, 7) is 9.72. The van der Waals surface area contributed by atoms with E-state index in [0.717, 1.165) is 9.47 Å². The first kappa shape index (κ1) is 26.6. The molecule has 0 bridgehead atoms. The molecular formula is C21H30N4O9. The molecule has 2 rings (SSSR count). The lowest BCUT2D eigenvalue weighted by molar-refractivity contribution is -0.147. The van der Waals surface area contributed by atoms with E-state index in [1.165, 1.54) is 6.33 Å². The molecule has 13 nitrogen and oxygen atoms in total. The summed E-state index contributed by atoms with van der Waals surface area (Å²) >= 11 is 0. The van der Waals surface area contributed by atoms with Crippen LogP contribution < -0.4 is 5.32 Å². The van der Waals surface area contributed by atoms with Gasteiger partial charge in [-0.1, -0.05) is 0 Å². The van der Waals surface area contributed by atoms with E-state index < -0.39 is 59.7 Å². The molecule has 13 heteroatoms. The van der Waals surface area contributed by atoms with E-state index in [0.29, 0.717) is 11.4 Å². The largest absolute Gasteiger partial charge is 0.481 e. The maximum Gasteiger partial charge on any atom is 0.420 e. The SMILES string of the molecule is CC(C)(C)OC(=O)N1Cc2c(ncn2C(=O)OC(C)(C)C)C[C@H]1C(=O)N[C@@H](CC(=O)O)C(=O)O. The van der Waals surface area contributed by atoms with Crippen molar-refractivity contribution >= 4 is 30.0 Å². The Morgan fingerprint density at radius 1 is 1.06 bits per heavy atom. The fourth-order valence-electron chi connectivity index (χ4n) is 3.17. The lowest BCUT2D eigenvalue weighted by atomic mass is 10.0. The van der Waals surface area contributed by atoms with Gasteiger partial charge in [-0.05, 0) is 41.5 Å². The standard InChI is InChI=1S/C21H30N4O9/c1-20(2,3)33-18(31)24-9-14-11(22-10-25(14)19(32)34-21(4,5)6)7-13(24)16(28)23-12(17(29)30)8-15(26)27/h10,12-13H,7-9H2,1-6H3,(H,23,28)(H,26,27)(H,29,30)/t12-,13-/m0/s1. The first-order chi connectivity index (χ1) is 15.5. The van der Waals surface area contributed by atoms with Gasteiger partial charge in [0.25, 0.3) is 0 Å². The van der Waals surface area contributed by atoms with Gasteiger partial charge in [-0.3, -0.25) is 14.5 Å². The Morgan fingerprint density at radius 3 is 2.12 bits per heavy atom. The van der Waals surface area contributed by atoms with Crippen LogP contribution in [0, 0.1) is 0 Å². The Morgan fingerprint density at radius 2 is 1.62 bits per heavy atom. The second-order valence-corrected chi connectivity index (χ2v) is 9.81. The summed E-state index contributed by atoms with van der Waals surface area (Å²) in [6.07, 6.45) is -1.38. The first-order valence-electron chi connectivity index (χ1n) is 10.5. The van der Waals surface area contributed by atoms with Crippen LogP contribution in [-0.2, 0) is 36.8 Å². The number of carbonyl (C=O) groups is 5. The van der Waals surface area contributed by atoms with Crippen LogP contribution in [0.2, 0.25) is 0 Å². The van der Waals surface area contributed by atoms with E-state index in [-0.39, 0.29) is 13.0 Å². The quantitative estimate of drug-likeness (QED) is 0.555. The molecule has 0 radical (unpaired) electrons. The smallest absolute Gasteiger partial charge is 0.420 e. The van der Waals surface area contributed by atoms with Crippen LogP contribution >= 0.6 is 0 Å². The first-order valence-corrected chi connectivity index (χ1v) is 10.5. The minimum atomic E-state index is -1.70. The minimum absolute atomic E-state index is 0.157. The number of aromatic nitrogens is 2. The molecule has 1 aromatic heterocycles. The van der Waals surface area contributed by atoms with Crippen molar-refractivity contribution in [1.29, 1.82) is 0 Å². The zero-order valence-electron chi connectivity index (χ0n) is 19.9. The lowest BCUT2D eigenvalue weighted by Gasteiger charge is -2.36.